The summed E-state index contributed by atoms with van der Waals surface area (Å²) < 4.78 is 16.1. The van der Waals surface area contributed by atoms with Crippen molar-refractivity contribution in [3.05, 3.63) is 72.4 Å². The molecule has 2 fully saturated rings. The van der Waals surface area contributed by atoms with Gasteiger partial charge < -0.3 is 44.3 Å². The molecule has 5 heterocycles. The molecule has 320 valence electrons. The molecular formula is C45H54N8O7Si. The third-order valence-corrected chi connectivity index (χ3v) is 14.8. The van der Waals surface area contributed by atoms with Gasteiger partial charge in [0.15, 0.2) is 0 Å². The molecule has 0 radical (unpaired) electrons. The lowest BCUT2D eigenvalue weighted by Gasteiger charge is -2.30. The van der Waals surface area contributed by atoms with E-state index in [1.807, 2.05) is 73.9 Å². The first-order chi connectivity index (χ1) is 29.1. The Morgan fingerprint density at radius 2 is 1.48 bits per heavy atom. The first-order valence-electron chi connectivity index (χ1n) is 21.0. The number of nitrogens with one attached hydrogen (secondary N) is 4. The molecule has 3 unspecified atom stereocenters. The number of hydrogen-bond acceptors (Lipinski definition) is 9. The lowest BCUT2D eigenvalue weighted by molar-refractivity contribution is -0.136. The number of likely N-dealkylation sites (tertiary alicyclic amines) is 1. The average Bonchev–Trinajstić information content (AvgIpc) is 4.09. The molecule has 0 spiro atoms. The van der Waals surface area contributed by atoms with E-state index >= 15 is 0 Å². The van der Waals surface area contributed by atoms with Crippen molar-refractivity contribution in [3.8, 4) is 22.6 Å². The van der Waals surface area contributed by atoms with Crippen LogP contribution >= 0.6 is 0 Å². The number of methoxy groups -OCH3 is 2. The number of carbonyl (C=O) groups excluding carboxylic acids is 4. The minimum Gasteiger partial charge on any atom is -0.456 e. The zero-order valence-corrected chi connectivity index (χ0v) is 36.9. The van der Waals surface area contributed by atoms with Gasteiger partial charge in [-0.25, -0.2) is 19.6 Å². The Morgan fingerprint density at radius 3 is 2.16 bits per heavy atom. The van der Waals surface area contributed by atoms with Crippen LogP contribution in [0.2, 0.25) is 19.1 Å². The molecule has 2 aliphatic heterocycles. The Morgan fingerprint density at radius 1 is 0.803 bits per heavy atom. The number of alkyl carbamates (subject to hydrolysis) is 2. The van der Waals surface area contributed by atoms with E-state index in [2.05, 4.69) is 51.9 Å². The topological polar surface area (TPSA) is 188 Å². The summed E-state index contributed by atoms with van der Waals surface area (Å²) in [6.07, 6.45) is 2.82. The van der Waals surface area contributed by atoms with Gasteiger partial charge >= 0.3 is 12.2 Å². The Balaban J connectivity index is 1.02. The van der Waals surface area contributed by atoms with Gasteiger partial charge in [-0.2, -0.15) is 0 Å². The molecule has 61 heavy (non-hydrogen) atoms. The number of amides is 4. The summed E-state index contributed by atoms with van der Waals surface area (Å²) in [6, 6.07) is 17.4. The van der Waals surface area contributed by atoms with Gasteiger partial charge in [-0.3, -0.25) is 9.59 Å². The molecule has 4 atom stereocenters. The summed E-state index contributed by atoms with van der Waals surface area (Å²) in [7, 11) is 0.812. The highest BCUT2D eigenvalue weighted by atomic mass is 28.3. The number of benzene rings is 3. The summed E-state index contributed by atoms with van der Waals surface area (Å²) in [5.41, 5.74) is 5.09. The van der Waals surface area contributed by atoms with Crippen molar-refractivity contribution in [2.45, 2.75) is 83.8 Å². The molecule has 0 bridgehead atoms. The fraction of sp³-hybridized carbons (Fsp3) is 0.422. The zero-order valence-electron chi connectivity index (χ0n) is 35.9. The standard InChI is InChI=1S/C45H54N8O7Si/c1-24(2)37(50-44(56)58-5)42(54)52-17-9-10-33(52)41-47-31-16-14-26-18-28(13-15-30(26)39(31)49-41)36-20-29-12-11-27(19-35(29)60-36)32-21-46-40(48-32)34-22-61(7,8)23-53(34)43(55)38(25(3)4)51-45(57)59-6/h11-16,18-21,24-25,33-34,37-38H,9-10,17,22-23H2,1-8H3,(H,46,48)(H,47,49)(H,50,56)(H,51,57)/t33-,34?,37?,38?/m0/s1. The molecule has 4 N–H and O–H groups in total. The van der Waals surface area contributed by atoms with Crippen molar-refractivity contribution in [1.82, 2.24) is 40.4 Å². The third-order valence-electron chi connectivity index (χ3n) is 12.2. The van der Waals surface area contributed by atoms with E-state index in [9.17, 15) is 19.2 Å². The lowest BCUT2D eigenvalue weighted by atomic mass is 10.0. The van der Waals surface area contributed by atoms with Crippen molar-refractivity contribution < 1.29 is 33.1 Å². The lowest BCUT2D eigenvalue weighted by Crippen LogP contribution is -2.52. The maximum Gasteiger partial charge on any atom is 0.407 e. The van der Waals surface area contributed by atoms with Gasteiger partial charge in [-0.05, 0) is 60.4 Å². The third kappa shape index (κ3) is 8.08. The van der Waals surface area contributed by atoms with Gasteiger partial charge in [0.25, 0.3) is 0 Å². The number of carbonyl (C=O) groups is 4. The molecule has 3 aromatic heterocycles. The zero-order chi connectivity index (χ0) is 43.3. The van der Waals surface area contributed by atoms with Crippen LogP contribution in [0.1, 0.15) is 64.3 Å². The van der Waals surface area contributed by atoms with E-state index in [4.69, 9.17) is 23.9 Å². The molecule has 15 nitrogen and oxygen atoms in total. The number of nitrogens with zero attached hydrogens (tertiary/aromatic N) is 4. The summed E-state index contributed by atoms with van der Waals surface area (Å²) in [4.78, 5) is 72.4. The Hall–Kier alpha value is -6.16. The minimum atomic E-state index is -1.78. The van der Waals surface area contributed by atoms with Crippen LogP contribution in [0.5, 0.6) is 0 Å². The number of fused-ring (bicyclic) bond motifs is 4. The van der Waals surface area contributed by atoms with Crippen molar-refractivity contribution in [3.63, 3.8) is 0 Å². The monoisotopic (exact) mass is 846 g/mol. The van der Waals surface area contributed by atoms with E-state index in [1.54, 1.807) is 6.20 Å². The smallest absolute Gasteiger partial charge is 0.407 e. The van der Waals surface area contributed by atoms with Gasteiger partial charge in [0.1, 0.15) is 35.1 Å². The van der Waals surface area contributed by atoms with Gasteiger partial charge in [-0.1, -0.05) is 71.1 Å². The summed E-state index contributed by atoms with van der Waals surface area (Å²) in [5.74, 6) is 1.66. The number of furan rings is 1. The normalized spacial score (nSPS) is 18.7. The summed E-state index contributed by atoms with van der Waals surface area (Å²) >= 11 is 0. The second-order valence-electron chi connectivity index (χ2n) is 17.8. The predicted octanol–water partition coefficient (Wildman–Crippen LogP) is 8.08. The van der Waals surface area contributed by atoms with Crippen LogP contribution in [-0.2, 0) is 19.1 Å². The quantitative estimate of drug-likeness (QED) is 0.0989. The van der Waals surface area contributed by atoms with E-state index in [0.29, 0.717) is 12.7 Å². The maximum atomic E-state index is 13.9. The van der Waals surface area contributed by atoms with Crippen LogP contribution in [0, 0.1) is 11.8 Å². The van der Waals surface area contributed by atoms with E-state index in [1.165, 1.54) is 14.2 Å². The molecule has 6 aromatic rings. The molecule has 0 saturated carbocycles. The van der Waals surface area contributed by atoms with Gasteiger partial charge in [0, 0.05) is 34.6 Å². The molecule has 3 aromatic carbocycles. The summed E-state index contributed by atoms with van der Waals surface area (Å²) in [6.45, 7) is 12.8. The van der Waals surface area contributed by atoms with Crippen LogP contribution in [0.15, 0.2) is 65.2 Å². The summed E-state index contributed by atoms with van der Waals surface area (Å²) in [5, 5.41) is 8.40. The van der Waals surface area contributed by atoms with Crippen LogP contribution in [0.4, 0.5) is 9.59 Å². The number of hydrogen-bond donors (Lipinski definition) is 4. The molecule has 2 saturated heterocycles. The second kappa shape index (κ2) is 16.4. The van der Waals surface area contributed by atoms with Crippen LogP contribution in [0.3, 0.4) is 0 Å². The van der Waals surface area contributed by atoms with Crippen LogP contribution in [-0.4, -0.2) is 101 Å². The first kappa shape index (κ1) is 41.6. The number of H-pyrrole nitrogens is 2. The molecule has 16 heteroatoms. The predicted molar refractivity (Wildman–Crippen MR) is 235 cm³/mol. The highest BCUT2D eigenvalue weighted by Crippen LogP contribution is 2.40. The average molecular weight is 847 g/mol. The largest absolute Gasteiger partial charge is 0.456 e. The van der Waals surface area contributed by atoms with Crippen molar-refractivity contribution in [1.29, 1.82) is 0 Å². The van der Waals surface area contributed by atoms with Gasteiger partial charge in [0.2, 0.25) is 11.8 Å². The van der Waals surface area contributed by atoms with Crippen molar-refractivity contribution >= 4 is 64.8 Å². The number of ether oxygens (including phenoxy) is 2. The number of imidazole rings is 2. The van der Waals surface area contributed by atoms with E-state index < -0.39 is 32.3 Å². The molecule has 8 rings (SSSR count). The molecule has 4 amide bonds. The Kier molecular flexibility index (Phi) is 11.2. The molecule has 0 aliphatic carbocycles. The number of rotatable bonds is 10. The highest BCUT2D eigenvalue weighted by Gasteiger charge is 2.46. The van der Waals surface area contributed by atoms with Crippen molar-refractivity contribution in [2.75, 3.05) is 26.9 Å². The minimum absolute atomic E-state index is 0.120. The number of aromatic nitrogens is 4. The second-order valence-corrected chi connectivity index (χ2v) is 22.9. The first-order valence-corrected chi connectivity index (χ1v) is 24.4. The molecular weight excluding hydrogens is 793 g/mol. The Labute approximate surface area is 354 Å². The Bertz CT molecular complexity index is 2650. The van der Waals surface area contributed by atoms with Gasteiger partial charge in [-0.15, -0.1) is 0 Å². The number of aromatic amines is 2. The fourth-order valence-electron chi connectivity index (χ4n) is 8.94. The van der Waals surface area contributed by atoms with Gasteiger partial charge in [0.05, 0.1) is 57.3 Å². The van der Waals surface area contributed by atoms with Crippen molar-refractivity contribution in [2.24, 2.45) is 11.8 Å². The van der Waals surface area contributed by atoms with E-state index in [-0.39, 0.29) is 35.7 Å². The molecule has 2 aliphatic rings. The SMILES string of the molecule is COC(=O)NC(C(=O)N1C[Si](C)(C)CC1c1ncc(-c2ccc3cc(-c4ccc5c(ccc6[nH]c([C@@H]7CCCN7C(=O)C(NC(=O)OC)C(C)C)nc65)c4)oc3c2)[nH]1)C(C)C. The highest BCUT2D eigenvalue weighted by molar-refractivity contribution is 6.78. The maximum absolute atomic E-state index is 13.9. The van der Waals surface area contributed by atoms with Crippen LogP contribution < -0.4 is 10.6 Å². The fourth-order valence-corrected chi connectivity index (χ4v) is 11.8. The van der Waals surface area contributed by atoms with Crippen LogP contribution in [0.25, 0.3) is 55.4 Å². The van der Waals surface area contributed by atoms with E-state index in [0.717, 1.165) is 85.9 Å².